The second-order valence-corrected chi connectivity index (χ2v) is 4.07. The van der Waals surface area contributed by atoms with E-state index in [0.717, 1.165) is 18.6 Å². The Hall–Kier alpha value is -1.52. The van der Waals surface area contributed by atoms with Crippen LogP contribution in [0.15, 0.2) is 24.3 Å². The molecular weight excluding hydrogens is 231 g/mol. The van der Waals surface area contributed by atoms with Crippen LogP contribution in [0.2, 0.25) is 0 Å². The molecule has 2 rings (SSSR count). The molecule has 1 fully saturated rings. The first kappa shape index (κ1) is 12.0. The zero-order chi connectivity index (χ0) is 12.6. The van der Waals surface area contributed by atoms with Crippen molar-refractivity contribution in [3.05, 3.63) is 29.8 Å². The number of hydrogen-bond acceptors (Lipinski definition) is 1. The molecular formula is C12H12F3NO. The molecule has 5 heteroatoms. The molecule has 1 heterocycles. The lowest BCUT2D eigenvalue weighted by atomic mass is 9.98. The van der Waals surface area contributed by atoms with Crippen LogP contribution in [0.1, 0.15) is 25.3 Å². The average molecular weight is 243 g/mol. The minimum atomic E-state index is -4.33. The third-order valence-corrected chi connectivity index (χ3v) is 2.99. The van der Waals surface area contributed by atoms with Crippen LogP contribution >= 0.6 is 0 Å². The number of amides is 1. The number of anilines is 1. The highest BCUT2D eigenvalue weighted by Crippen LogP contribution is 2.33. The number of carbonyl (C=O) groups excluding carboxylic acids is 1. The quantitative estimate of drug-likeness (QED) is 0.730. The van der Waals surface area contributed by atoms with Crippen molar-refractivity contribution in [2.24, 2.45) is 0 Å². The Kier molecular flexibility index (Phi) is 2.85. The molecule has 1 saturated heterocycles. The fourth-order valence-corrected chi connectivity index (χ4v) is 1.98. The molecule has 0 spiro atoms. The zero-order valence-corrected chi connectivity index (χ0v) is 9.29. The summed E-state index contributed by atoms with van der Waals surface area (Å²) in [4.78, 5) is 12.9. The third-order valence-electron chi connectivity index (χ3n) is 2.99. The largest absolute Gasteiger partial charge is 0.416 e. The normalized spacial score (nSPS) is 20.4. The molecule has 0 N–H and O–H groups in total. The van der Waals surface area contributed by atoms with Crippen LogP contribution in [-0.2, 0) is 11.0 Å². The minimum absolute atomic E-state index is 0.0309. The van der Waals surface area contributed by atoms with Gasteiger partial charge in [-0.25, -0.2) is 0 Å². The van der Waals surface area contributed by atoms with Crippen LogP contribution in [0.4, 0.5) is 18.9 Å². The topological polar surface area (TPSA) is 20.3 Å². The Labute approximate surface area is 97.0 Å². The van der Waals surface area contributed by atoms with Crippen molar-refractivity contribution in [3.63, 3.8) is 0 Å². The van der Waals surface area contributed by atoms with E-state index in [1.807, 2.05) is 6.92 Å². The van der Waals surface area contributed by atoms with Crippen molar-refractivity contribution in [3.8, 4) is 0 Å². The SMILES string of the molecule is CCC1CC(=O)N1c1ccc(C(F)(F)F)cc1. The monoisotopic (exact) mass is 243 g/mol. The van der Waals surface area contributed by atoms with Crippen LogP contribution in [0.3, 0.4) is 0 Å². The van der Waals surface area contributed by atoms with Crippen molar-refractivity contribution < 1.29 is 18.0 Å². The molecule has 17 heavy (non-hydrogen) atoms. The Morgan fingerprint density at radius 3 is 2.29 bits per heavy atom. The van der Waals surface area contributed by atoms with E-state index in [4.69, 9.17) is 0 Å². The van der Waals surface area contributed by atoms with Crippen molar-refractivity contribution >= 4 is 11.6 Å². The Bertz CT molecular complexity index is 424. The summed E-state index contributed by atoms with van der Waals surface area (Å²) in [6.07, 6.45) is -3.04. The highest BCUT2D eigenvalue weighted by molar-refractivity contribution is 6.00. The van der Waals surface area contributed by atoms with Crippen LogP contribution < -0.4 is 4.90 Å². The predicted molar refractivity (Wildman–Crippen MR) is 57.6 cm³/mol. The maximum absolute atomic E-state index is 12.4. The van der Waals surface area contributed by atoms with Crippen LogP contribution in [0.25, 0.3) is 0 Å². The van der Waals surface area contributed by atoms with Gasteiger partial charge in [-0.15, -0.1) is 0 Å². The minimum Gasteiger partial charge on any atom is -0.309 e. The van der Waals surface area contributed by atoms with Crippen LogP contribution in [0, 0.1) is 0 Å². The van der Waals surface area contributed by atoms with Crippen LogP contribution in [0.5, 0.6) is 0 Å². The van der Waals surface area contributed by atoms with Gasteiger partial charge in [-0.2, -0.15) is 13.2 Å². The first-order valence-corrected chi connectivity index (χ1v) is 5.43. The Morgan fingerprint density at radius 1 is 1.29 bits per heavy atom. The Balaban J connectivity index is 2.21. The van der Waals surface area contributed by atoms with Crippen molar-refractivity contribution in [1.82, 2.24) is 0 Å². The zero-order valence-electron chi connectivity index (χ0n) is 9.29. The van der Waals surface area contributed by atoms with Gasteiger partial charge < -0.3 is 4.90 Å². The third kappa shape index (κ3) is 2.14. The maximum Gasteiger partial charge on any atom is 0.416 e. The number of halogens is 3. The van der Waals surface area contributed by atoms with Crippen LogP contribution in [-0.4, -0.2) is 11.9 Å². The molecule has 92 valence electrons. The highest BCUT2D eigenvalue weighted by Gasteiger charge is 2.36. The van der Waals surface area contributed by atoms with E-state index in [0.29, 0.717) is 12.1 Å². The Morgan fingerprint density at radius 2 is 1.88 bits per heavy atom. The second-order valence-electron chi connectivity index (χ2n) is 4.07. The summed E-state index contributed by atoms with van der Waals surface area (Å²) < 4.78 is 37.1. The van der Waals surface area contributed by atoms with Crippen molar-refractivity contribution in [2.45, 2.75) is 32.0 Å². The fraction of sp³-hybridized carbons (Fsp3) is 0.417. The lowest BCUT2D eigenvalue weighted by Crippen LogP contribution is -2.52. The van der Waals surface area contributed by atoms with E-state index in [1.54, 1.807) is 4.90 Å². The number of carbonyl (C=O) groups is 1. The molecule has 1 aromatic carbocycles. The molecule has 0 radical (unpaired) electrons. The van der Waals surface area contributed by atoms with E-state index in [-0.39, 0.29) is 11.9 Å². The van der Waals surface area contributed by atoms with Gasteiger partial charge in [0.2, 0.25) is 5.91 Å². The van der Waals surface area contributed by atoms with Crippen molar-refractivity contribution in [1.29, 1.82) is 0 Å². The van der Waals surface area contributed by atoms with E-state index >= 15 is 0 Å². The van der Waals surface area contributed by atoms with E-state index in [2.05, 4.69) is 0 Å². The smallest absolute Gasteiger partial charge is 0.309 e. The summed E-state index contributed by atoms with van der Waals surface area (Å²) in [6, 6.07) is 4.84. The number of benzene rings is 1. The number of β-lactam (4-membered cyclic amide) rings is 1. The van der Waals surface area contributed by atoms with Crippen molar-refractivity contribution in [2.75, 3.05) is 4.90 Å². The first-order valence-electron chi connectivity index (χ1n) is 5.43. The van der Waals surface area contributed by atoms with Gasteiger partial charge in [-0.1, -0.05) is 6.92 Å². The van der Waals surface area contributed by atoms with Gasteiger partial charge in [0, 0.05) is 18.2 Å². The average Bonchev–Trinajstić information content (AvgIpc) is 2.25. The summed E-state index contributed by atoms with van der Waals surface area (Å²) in [5.74, 6) is -0.0309. The molecule has 0 saturated carbocycles. The second kappa shape index (κ2) is 4.05. The van der Waals surface area contributed by atoms with Gasteiger partial charge in [0.25, 0.3) is 0 Å². The van der Waals surface area contributed by atoms with Gasteiger partial charge in [-0.3, -0.25) is 4.79 Å². The van der Waals surface area contributed by atoms with Gasteiger partial charge in [0.1, 0.15) is 0 Å². The molecule has 1 unspecified atom stereocenters. The summed E-state index contributed by atoms with van der Waals surface area (Å²) in [7, 11) is 0. The fourth-order valence-electron chi connectivity index (χ4n) is 1.98. The molecule has 0 bridgehead atoms. The summed E-state index contributed by atoms with van der Waals surface area (Å²) in [6.45, 7) is 1.95. The predicted octanol–water partition coefficient (Wildman–Crippen LogP) is 3.22. The van der Waals surface area contributed by atoms with Gasteiger partial charge >= 0.3 is 6.18 Å². The molecule has 2 nitrogen and oxygen atoms in total. The number of nitrogens with zero attached hydrogens (tertiary/aromatic N) is 1. The summed E-state index contributed by atoms with van der Waals surface area (Å²) in [5.41, 5.74) is -0.150. The summed E-state index contributed by atoms with van der Waals surface area (Å²) in [5, 5.41) is 0. The maximum atomic E-state index is 12.4. The lowest BCUT2D eigenvalue weighted by molar-refractivity contribution is -0.137. The van der Waals surface area contributed by atoms with Gasteiger partial charge in [-0.05, 0) is 30.7 Å². The molecule has 0 aromatic heterocycles. The number of rotatable bonds is 2. The molecule has 1 atom stereocenters. The first-order chi connectivity index (χ1) is 7.93. The molecule has 1 aromatic rings. The van der Waals surface area contributed by atoms with E-state index < -0.39 is 11.7 Å². The van der Waals surface area contributed by atoms with Gasteiger partial charge in [0.05, 0.1) is 5.56 Å². The van der Waals surface area contributed by atoms with Gasteiger partial charge in [0.15, 0.2) is 0 Å². The van der Waals surface area contributed by atoms with E-state index in [1.165, 1.54) is 12.1 Å². The highest BCUT2D eigenvalue weighted by atomic mass is 19.4. The lowest BCUT2D eigenvalue weighted by Gasteiger charge is -2.40. The summed E-state index contributed by atoms with van der Waals surface area (Å²) >= 11 is 0. The molecule has 1 aliphatic heterocycles. The standard InChI is InChI=1S/C12H12F3NO/c1-2-9-7-11(17)16(9)10-5-3-8(4-6-10)12(13,14)15/h3-6,9H,2,7H2,1H3. The molecule has 1 aliphatic rings. The molecule has 0 aliphatic carbocycles. The van der Waals surface area contributed by atoms with E-state index in [9.17, 15) is 18.0 Å². The molecule has 1 amide bonds. The number of hydrogen-bond donors (Lipinski definition) is 0. The number of alkyl halides is 3.